The van der Waals surface area contributed by atoms with E-state index in [2.05, 4.69) is 20.8 Å². The second kappa shape index (κ2) is 6.67. The highest BCUT2D eigenvalue weighted by atomic mass is 16.5. The summed E-state index contributed by atoms with van der Waals surface area (Å²) in [5.74, 6) is 0.386. The van der Waals surface area contributed by atoms with Gasteiger partial charge in [-0.3, -0.25) is 9.59 Å². The maximum absolute atomic E-state index is 12.1. The summed E-state index contributed by atoms with van der Waals surface area (Å²) in [6, 6.07) is 4.99. The molecule has 0 aliphatic heterocycles. The Balaban J connectivity index is 1.88. The molecule has 0 unspecified atom stereocenters. The van der Waals surface area contributed by atoms with Crippen LogP contribution in [0.3, 0.4) is 0 Å². The number of esters is 1. The molecule has 4 heteroatoms. The van der Waals surface area contributed by atoms with E-state index in [1.807, 2.05) is 13.0 Å². The molecule has 1 aromatic heterocycles. The standard InChI is InChI=1S/C18H27NO3/c1-13-6-5-7-16(20)19(13)12-17(21)22-15-10-8-14(9-11-15)18(2,3)4/h5-7,14-15H,8-12H2,1-4H3. The predicted octanol–water partition coefficient (Wildman–Crippen LogP) is 3.30. The van der Waals surface area contributed by atoms with Crippen LogP contribution in [0.25, 0.3) is 0 Å². The van der Waals surface area contributed by atoms with Crippen molar-refractivity contribution in [3.63, 3.8) is 0 Å². The van der Waals surface area contributed by atoms with Crippen molar-refractivity contribution >= 4 is 5.97 Å². The lowest BCUT2D eigenvalue weighted by molar-refractivity contribution is -0.152. The van der Waals surface area contributed by atoms with Crippen LogP contribution in [0.5, 0.6) is 0 Å². The fourth-order valence-corrected chi connectivity index (χ4v) is 3.23. The molecule has 122 valence electrons. The predicted molar refractivity (Wildman–Crippen MR) is 86.7 cm³/mol. The summed E-state index contributed by atoms with van der Waals surface area (Å²) in [5.41, 5.74) is 0.943. The zero-order chi connectivity index (χ0) is 16.3. The maximum atomic E-state index is 12.1. The molecule has 1 fully saturated rings. The molecule has 0 saturated heterocycles. The van der Waals surface area contributed by atoms with Crippen molar-refractivity contribution in [2.24, 2.45) is 11.3 Å². The minimum absolute atomic E-state index is 0.00467. The van der Waals surface area contributed by atoms with E-state index in [1.54, 1.807) is 6.07 Å². The number of hydrogen-bond acceptors (Lipinski definition) is 3. The maximum Gasteiger partial charge on any atom is 0.326 e. The number of ether oxygens (including phenoxy) is 1. The van der Waals surface area contributed by atoms with Gasteiger partial charge in [0.05, 0.1) is 0 Å². The van der Waals surface area contributed by atoms with Crippen molar-refractivity contribution in [1.82, 2.24) is 4.57 Å². The van der Waals surface area contributed by atoms with E-state index in [9.17, 15) is 9.59 Å². The van der Waals surface area contributed by atoms with E-state index in [4.69, 9.17) is 4.74 Å². The van der Waals surface area contributed by atoms with E-state index in [-0.39, 0.29) is 24.2 Å². The number of carbonyl (C=O) groups excluding carboxylic acids is 1. The van der Waals surface area contributed by atoms with Gasteiger partial charge in [0.2, 0.25) is 0 Å². The van der Waals surface area contributed by atoms with Gasteiger partial charge in [0.15, 0.2) is 0 Å². The summed E-state index contributed by atoms with van der Waals surface area (Å²) >= 11 is 0. The fraction of sp³-hybridized carbons (Fsp3) is 0.667. The third-order valence-corrected chi connectivity index (χ3v) is 4.75. The molecule has 0 N–H and O–H groups in total. The Morgan fingerprint density at radius 3 is 2.41 bits per heavy atom. The van der Waals surface area contributed by atoms with Gasteiger partial charge in [-0.2, -0.15) is 0 Å². The number of aromatic nitrogens is 1. The molecular weight excluding hydrogens is 278 g/mol. The molecule has 0 aromatic carbocycles. The van der Waals surface area contributed by atoms with Crippen LogP contribution in [0.15, 0.2) is 23.0 Å². The first-order valence-corrected chi connectivity index (χ1v) is 8.13. The Morgan fingerprint density at radius 1 is 1.23 bits per heavy atom. The molecule has 0 bridgehead atoms. The van der Waals surface area contributed by atoms with Crippen LogP contribution in [0.1, 0.15) is 52.1 Å². The molecule has 0 spiro atoms. The van der Waals surface area contributed by atoms with Crippen molar-refractivity contribution in [2.45, 2.75) is 66.0 Å². The van der Waals surface area contributed by atoms with Crippen LogP contribution >= 0.6 is 0 Å². The quantitative estimate of drug-likeness (QED) is 0.805. The molecule has 4 nitrogen and oxygen atoms in total. The van der Waals surface area contributed by atoms with Gasteiger partial charge in [0.25, 0.3) is 5.56 Å². The lowest BCUT2D eigenvalue weighted by Crippen LogP contribution is -2.32. The van der Waals surface area contributed by atoms with Crippen molar-refractivity contribution in [2.75, 3.05) is 0 Å². The Morgan fingerprint density at radius 2 is 1.86 bits per heavy atom. The fourth-order valence-electron chi connectivity index (χ4n) is 3.23. The first-order chi connectivity index (χ1) is 10.3. The Hall–Kier alpha value is -1.58. The van der Waals surface area contributed by atoms with Gasteiger partial charge in [-0.1, -0.05) is 26.8 Å². The summed E-state index contributed by atoms with van der Waals surface area (Å²) in [6.45, 7) is 8.64. The third kappa shape index (κ3) is 4.21. The molecule has 0 amide bonds. The molecule has 1 aliphatic carbocycles. The number of aryl methyl sites for hydroxylation is 1. The summed E-state index contributed by atoms with van der Waals surface area (Å²) in [4.78, 5) is 23.9. The second-order valence-electron chi connectivity index (χ2n) is 7.42. The van der Waals surface area contributed by atoms with Crippen molar-refractivity contribution in [3.05, 3.63) is 34.2 Å². The van der Waals surface area contributed by atoms with Crippen LogP contribution < -0.4 is 5.56 Å². The minimum Gasteiger partial charge on any atom is -0.461 e. The molecule has 0 atom stereocenters. The lowest BCUT2D eigenvalue weighted by Gasteiger charge is -2.36. The van der Waals surface area contributed by atoms with Crippen molar-refractivity contribution in [3.8, 4) is 0 Å². The number of rotatable bonds is 3. The van der Waals surface area contributed by atoms with E-state index < -0.39 is 0 Å². The molecule has 0 radical (unpaired) electrons. The van der Waals surface area contributed by atoms with Crippen molar-refractivity contribution in [1.29, 1.82) is 0 Å². The van der Waals surface area contributed by atoms with Crippen molar-refractivity contribution < 1.29 is 9.53 Å². The van der Waals surface area contributed by atoms with Gasteiger partial charge in [-0.15, -0.1) is 0 Å². The average Bonchev–Trinajstić information content (AvgIpc) is 2.43. The van der Waals surface area contributed by atoms with Gasteiger partial charge in [-0.05, 0) is 50.0 Å². The van der Waals surface area contributed by atoms with Gasteiger partial charge in [0.1, 0.15) is 12.6 Å². The lowest BCUT2D eigenvalue weighted by atomic mass is 9.72. The van der Waals surface area contributed by atoms with E-state index >= 15 is 0 Å². The third-order valence-electron chi connectivity index (χ3n) is 4.75. The monoisotopic (exact) mass is 305 g/mol. The van der Waals surface area contributed by atoms with Gasteiger partial charge < -0.3 is 9.30 Å². The first kappa shape index (κ1) is 16.8. The highest BCUT2D eigenvalue weighted by Gasteiger charge is 2.31. The molecule has 2 rings (SSSR count). The topological polar surface area (TPSA) is 48.3 Å². The average molecular weight is 305 g/mol. The first-order valence-electron chi connectivity index (χ1n) is 8.13. The number of carbonyl (C=O) groups is 1. The van der Waals surface area contributed by atoms with Crippen LogP contribution in [0, 0.1) is 18.3 Å². The largest absolute Gasteiger partial charge is 0.461 e. The SMILES string of the molecule is Cc1cccc(=O)n1CC(=O)OC1CCC(C(C)(C)C)CC1. The minimum atomic E-state index is -0.310. The second-order valence-corrected chi connectivity index (χ2v) is 7.42. The summed E-state index contributed by atoms with van der Waals surface area (Å²) in [6.07, 6.45) is 4.07. The molecular formula is C18H27NO3. The summed E-state index contributed by atoms with van der Waals surface area (Å²) in [7, 11) is 0. The number of nitrogens with zero attached hydrogens (tertiary/aromatic N) is 1. The summed E-state index contributed by atoms with van der Waals surface area (Å²) in [5, 5.41) is 0. The molecule has 1 aromatic rings. The highest BCUT2D eigenvalue weighted by Crippen LogP contribution is 2.38. The van der Waals surface area contributed by atoms with Gasteiger partial charge in [0, 0.05) is 11.8 Å². The van der Waals surface area contributed by atoms with Gasteiger partial charge >= 0.3 is 5.97 Å². The molecule has 22 heavy (non-hydrogen) atoms. The Labute approximate surface area is 132 Å². The Bertz CT molecular complexity index is 575. The zero-order valence-corrected chi connectivity index (χ0v) is 14.1. The molecule has 1 aliphatic rings. The van der Waals surface area contributed by atoms with E-state index in [0.29, 0.717) is 11.3 Å². The van der Waals surface area contributed by atoms with E-state index in [1.165, 1.54) is 10.6 Å². The van der Waals surface area contributed by atoms with Crippen LogP contribution in [0.2, 0.25) is 0 Å². The van der Waals surface area contributed by atoms with Crippen LogP contribution in [0.4, 0.5) is 0 Å². The van der Waals surface area contributed by atoms with Gasteiger partial charge in [-0.25, -0.2) is 0 Å². The number of pyridine rings is 1. The van der Waals surface area contributed by atoms with Crippen LogP contribution in [-0.4, -0.2) is 16.6 Å². The molecule has 1 saturated carbocycles. The highest BCUT2D eigenvalue weighted by molar-refractivity contribution is 5.69. The smallest absolute Gasteiger partial charge is 0.326 e. The summed E-state index contributed by atoms with van der Waals surface area (Å²) < 4.78 is 7.03. The Kier molecular flexibility index (Phi) is 5.09. The number of hydrogen-bond donors (Lipinski definition) is 0. The van der Waals surface area contributed by atoms with E-state index in [0.717, 1.165) is 31.4 Å². The molecule has 1 heterocycles. The zero-order valence-electron chi connectivity index (χ0n) is 14.1. The normalized spacial score (nSPS) is 22.4. The van der Waals surface area contributed by atoms with Crippen LogP contribution in [-0.2, 0) is 16.1 Å².